The van der Waals surface area contributed by atoms with Gasteiger partial charge in [0.2, 0.25) is 5.91 Å². The molecule has 0 radical (unpaired) electrons. The van der Waals surface area contributed by atoms with E-state index in [4.69, 9.17) is 5.73 Å². The van der Waals surface area contributed by atoms with Crippen LogP contribution in [0.25, 0.3) is 0 Å². The Kier molecular flexibility index (Phi) is 7.79. The standard InChI is InChI=1S/C9H20N4O2/c1-3-7(8(14)5-11-2)12-6-13-9(15)4-10/h7,11-12H,3-6,10H2,1-2H3,(H,13,15)/t7-/m0/s1. The Balaban J connectivity index is 3.79. The third-order valence-corrected chi connectivity index (χ3v) is 1.97. The Bertz CT molecular complexity index is 208. The van der Waals surface area contributed by atoms with Gasteiger partial charge in [0, 0.05) is 0 Å². The Labute approximate surface area is 90.0 Å². The minimum absolute atomic E-state index is 0.0388. The number of Topliss-reactive ketones (excluding diaryl/α,β-unsaturated/α-hetero) is 1. The quantitative estimate of drug-likeness (QED) is 0.358. The van der Waals surface area contributed by atoms with Crippen LogP contribution in [0.5, 0.6) is 0 Å². The Morgan fingerprint density at radius 1 is 1.40 bits per heavy atom. The molecule has 0 fully saturated rings. The molecule has 6 heteroatoms. The fraction of sp³-hybridized carbons (Fsp3) is 0.778. The molecule has 0 aliphatic carbocycles. The second-order valence-electron chi connectivity index (χ2n) is 3.14. The number of nitrogens with two attached hydrogens (primary N) is 1. The van der Waals surface area contributed by atoms with E-state index in [9.17, 15) is 9.59 Å². The van der Waals surface area contributed by atoms with E-state index < -0.39 is 0 Å². The van der Waals surface area contributed by atoms with Crippen molar-refractivity contribution in [2.24, 2.45) is 5.73 Å². The molecule has 1 atom stereocenters. The number of carbonyl (C=O) groups is 2. The highest BCUT2D eigenvalue weighted by atomic mass is 16.2. The molecule has 0 aliphatic rings. The summed E-state index contributed by atoms with van der Waals surface area (Å²) in [5, 5.41) is 8.28. The van der Waals surface area contributed by atoms with E-state index in [-0.39, 0.29) is 30.9 Å². The lowest BCUT2D eigenvalue weighted by molar-refractivity contribution is -0.122. The highest BCUT2D eigenvalue weighted by Gasteiger charge is 2.14. The van der Waals surface area contributed by atoms with Gasteiger partial charge >= 0.3 is 0 Å². The van der Waals surface area contributed by atoms with Gasteiger partial charge in [0.1, 0.15) is 0 Å². The van der Waals surface area contributed by atoms with Crippen LogP contribution in [0.1, 0.15) is 13.3 Å². The zero-order valence-electron chi connectivity index (χ0n) is 9.30. The van der Waals surface area contributed by atoms with Crippen LogP contribution in [0.4, 0.5) is 0 Å². The summed E-state index contributed by atoms with van der Waals surface area (Å²) in [5.74, 6) is -0.152. The normalized spacial score (nSPS) is 12.2. The molecule has 0 aromatic heterocycles. The van der Waals surface area contributed by atoms with Crippen LogP contribution in [-0.2, 0) is 9.59 Å². The van der Waals surface area contributed by atoms with Crippen LogP contribution in [0.3, 0.4) is 0 Å². The van der Waals surface area contributed by atoms with E-state index in [0.29, 0.717) is 13.0 Å². The SMILES string of the molecule is CC[C@H](NCNC(=O)CN)C(=O)CNC. The predicted octanol–water partition coefficient (Wildman–Crippen LogP) is -1.82. The minimum Gasteiger partial charge on any atom is -0.342 e. The number of carbonyl (C=O) groups excluding carboxylic acids is 2. The molecule has 15 heavy (non-hydrogen) atoms. The van der Waals surface area contributed by atoms with Crippen molar-refractivity contribution in [2.75, 3.05) is 26.8 Å². The van der Waals surface area contributed by atoms with Crippen molar-refractivity contribution in [1.29, 1.82) is 0 Å². The number of ketones is 1. The fourth-order valence-corrected chi connectivity index (χ4v) is 1.13. The fourth-order valence-electron chi connectivity index (χ4n) is 1.13. The van der Waals surface area contributed by atoms with Gasteiger partial charge in [0.15, 0.2) is 5.78 Å². The van der Waals surface area contributed by atoms with Gasteiger partial charge in [-0.05, 0) is 13.5 Å². The van der Waals surface area contributed by atoms with Crippen molar-refractivity contribution in [3.8, 4) is 0 Å². The summed E-state index contributed by atoms with van der Waals surface area (Å²) in [7, 11) is 1.72. The molecule has 0 rings (SSSR count). The number of rotatable bonds is 8. The second kappa shape index (κ2) is 8.34. The van der Waals surface area contributed by atoms with E-state index in [1.54, 1.807) is 7.05 Å². The van der Waals surface area contributed by atoms with Crippen LogP contribution in [0.2, 0.25) is 0 Å². The summed E-state index contributed by atoms with van der Waals surface area (Å²) in [5.41, 5.74) is 5.11. The molecule has 0 aromatic carbocycles. The van der Waals surface area contributed by atoms with Gasteiger partial charge in [0.05, 0.1) is 25.8 Å². The van der Waals surface area contributed by atoms with Crippen molar-refractivity contribution in [2.45, 2.75) is 19.4 Å². The third kappa shape index (κ3) is 6.16. The summed E-state index contributed by atoms with van der Waals surface area (Å²) >= 11 is 0. The van der Waals surface area contributed by atoms with Crippen molar-refractivity contribution in [3.63, 3.8) is 0 Å². The van der Waals surface area contributed by atoms with Gasteiger partial charge in [0.25, 0.3) is 0 Å². The monoisotopic (exact) mass is 216 g/mol. The first kappa shape index (κ1) is 14.0. The average molecular weight is 216 g/mol. The highest BCUT2D eigenvalue weighted by molar-refractivity contribution is 5.85. The first-order valence-electron chi connectivity index (χ1n) is 5.03. The molecule has 0 aliphatic heterocycles. The number of amides is 1. The smallest absolute Gasteiger partial charge is 0.234 e. The predicted molar refractivity (Wildman–Crippen MR) is 58.2 cm³/mol. The Morgan fingerprint density at radius 2 is 2.07 bits per heavy atom. The van der Waals surface area contributed by atoms with Gasteiger partial charge in [-0.2, -0.15) is 0 Å². The van der Waals surface area contributed by atoms with Gasteiger partial charge in [-0.15, -0.1) is 0 Å². The molecule has 88 valence electrons. The molecule has 6 nitrogen and oxygen atoms in total. The minimum atomic E-state index is -0.238. The number of nitrogens with one attached hydrogen (secondary N) is 3. The van der Waals surface area contributed by atoms with Gasteiger partial charge in [-0.1, -0.05) is 6.92 Å². The molecular weight excluding hydrogens is 196 g/mol. The van der Waals surface area contributed by atoms with Crippen molar-refractivity contribution in [3.05, 3.63) is 0 Å². The number of hydrogen-bond acceptors (Lipinski definition) is 5. The molecule has 0 unspecified atom stereocenters. The first-order valence-corrected chi connectivity index (χ1v) is 5.03. The van der Waals surface area contributed by atoms with Crippen LogP contribution >= 0.6 is 0 Å². The molecular formula is C9H20N4O2. The maximum Gasteiger partial charge on any atom is 0.234 e. The molecule has 0 saturated carbocycles. The van der Waals surface area contributed by atoms with Crippen LogP contribution < -0.4 is 21.7 Å². The summed E-state index contributed by atoms with van der Waals surface area (Å²) in [4.78, 5) is 22.3. The summed E-state index contributed by atoms with van der Waals surface area (Å²) < 4.78 is 0. The maximum absolute atomic E-state index is 11.5. The lowest BCUT2D eigenvalue weighted by Crippen LogP contribution is -2.46. The van der Waals surface area contributed by atoms with E-state index in [1.807, 2.05) is 6.92 Å². The molecule has 0 aromatic rings. The number of likely N-dealkylation sites (N-methyl/N-ethyl adjacent to an activating group) is 1. The van der Waals surface area contributed by atoms with Crippen molar-refractivity contribution in [1.82, 2.24) is 16.0 Å². The average Bonchev–Trinajstić information content (AvgIpc) is 2.24. The summed E-state index contributed by atoms with van der Waals surface area (Å²) in [6.07, 6.45) is 0.693. The van der Waals surface area contributed by atoms with Gasteiger partial charge in [-0.3, -0.25) is 14.9 Å². The van der Waals surface area contributed by atoms with Crippen LogP contribution in [0, 0.1) is 0 Å². The largest absolute Gasteiger partial charge is 0.342 e. The summed E-state index contributed by atoms with van der Waals surface area (Å²) in [6, 6.07) is -0.226. The Morgan fingerprint density at radius 3 is 2.53 bits per heavy atom. The third-order valence-electron chi connectivity index (χ3n) is 1.97. The molecule has 5 N–H and O–H groups in total. The molecule has 0 bridgehead atoms. The molecule has 1 amide bonds. The first-order chi connectivity index (χ1) is 7.15. The van der Waals surface area contributed by atoms with E-state index in [1.165, 1.54) is 0 Å². The molecule has 0 spiro atoms. The lowest BCUT2D eigenvalue weighted by atomic mass is 10.1. The van der Waals surface area contributed by atoms with Crippen LogP contribution in [-0.4, -0.2) is 44.5 Å². The highest BCUT2D eigenvalue weighted by Crippen LogP contribution is 1.91. The zero-order valence-corrected chi connectivity index (χ0v) is 9.30. The van der Waals surface area contributed by atoms with E-state index in [0.717, 1.165) is 0 Å². The molecule has 0 heterocycles. The van der Waals surface area contributed by atoms with Crippen molar-refractivity contribution < 1.29 is 9.59 Å². The Hall–Kier alpha value is -0.980. The van der Waals surface area contributed by atoms with E-state index in [2.05, 4.69) is 16.0 Å². The van der Waals surface area contributed by atoms with Gasteiger partial charge in [-0.25, -0.2) is 0 Å². The van der Waals surface area contributed by atoms with Crippen LogP contribution in [0.15, 0.2) is 0 Å². The second-order valence-corrected chi connectivity index (χ2v) is 3.14. The van der Waals surface area contributed by atoms with Gasteiger partial charge < -0.3 is 16.4 Å². The molecule has 0 saturated heterocycles. The summed E-state index contributed by atoms with van der Waals surface area (Å²) in [6.45, 7) is 2.47. The maximum atomic E-state index is 11.5. The number of hydrogen-bond donors (Lipinski definition) is 4. The topological polar surface area (TPSA) is 96.2 Å². The zero-order chi connectivity index (χ0) is 11.7. The van der Waals surface area contributed by atoms with E-state index >= 15 is 0 Å². The lowest BCUT2D eigenvalue weighted by Gasteiger charge is -2.15. The van der Waals surface area contributed by atoms with Crippen molar-refractivity contribution >= 4 is 11.7 Å².